The number of carbonyl (C=O) groups excluding carboxylic acids is 1. The number of halogens is 3. The predicted molar refractivity (Wildman–Crippen MR) is 75.5 cm³/mol. The first-order chi connectivity index (χ1) is 9.02. The van der Waals surface area contributed by atoms with Crippen molar-refractivity contribution in [3.05, 3.63) is 62.8 Å². The number of carbonyl (C=O) groups is 1. The van der Waals surface area contributed by atoms with Gasteiger partial charge in [-0.1, -0.05) is 11.6 Å². The van der Waals surface area contributed by atoms with Crippen molar-refractivity contribution in [1.82, 2.24) is 0 Å². The molecule has 0 bridgehead atoms. The number of ketones is 1. The van der Waals surface area contributed by atoms with E-state index < -0.39 is 5.82 Å². The zero-order valence-corrected chi connectivity index (χ0v) is 12.3. The second-order valence-electron chi connectivity index (χ2n) is 3.80. The summed E-state index contributed by atoms with van der Waals surface area (Å²) in [4.78, 5) is 12.3. The Bertz CT molecular complexity index is 643. The van der Waals surface area contributed by atoms with E-state index in [1.165, 1.54) is 19.2 Å². The Kier molecular flexibility index (Phi) is 4.22. The molecule has 0 aromatic heterocycles. The lowest BCUT2D eigenvalue weighted by Gasteiger charge is -2.07. The zero-order valence-electron chi connectivity index (χ0n) is 9.91. The number of ether oxygens (including phenoxy) is 1. The minimum atomic E-state index is -0.500. The Hall–Kier alpha value is -1.39. The molecule has 0 amide bonds. The average molecular weight is 344 g/mol. The third kappa shape index (κ3) is 2.96. The summed E-state index contributed by atoms with van der Waals surface area (Å²) >= 11 is 9.21. The molecule has 2 nitrogen and oxygen atoms in total. The fourth-order valence-corrected chi connectivity index (χ4v) is 2.38. The molecule has 2 aromatic rings. The third-order valence-electron chi connectivity index (χ3n) is 2.59. The molecule has 0 heterocycles. The molecular weight excluding hydrogens is 335 g/mol. The van der Waals surface area contributed by atoms with E-state index in [0.29, 0.717) is 15.8 Å². The first kappa shape index (κ1) is 14.0. The molecule has 0 aliphatic carbocycles. The maximum atomic E-state index is 13.2. The Morgan fingerprint density at radius 3 is 2.63 bits per heavy atom. The van der Waals surface area contributed by atoms with Crippen molar-refractivity contribution in [2.75, 3.05) is 7.11 Å². The summed E-state index contributed by atoms with van der Waals surface area (Å²) in [6.07, 6.45) is 0. The zero-order chi connectivity index (χ0) is 14.0. The highest BCUT2D eigenvalue weighted by molar-refractivity contribution is 9.10. The minimum Gasteiger partial charge on any atom is -0.496 e. The van der Waals surface area contributed by atoms with Crippen LogP contribution in [0.4, 0.5) is 4.39 Å². The van der Waals surface area contributed by atoms with Gasteiger partial charge in [-0.15, -0.1) is 0 Å². The van der Waals surface area contributed by atoms with Crippen molar-refractivity contribution in [3.8, 4) is 5.75 Å². The molecule has 0 spiro atoms. The van der Waals surface area contributed by atoms with Gasteiger partial charge in [0, 0.05) is 11.1 Å². The lowest BCUT2D eigenvalue weighted by Crippen LogP contribution is -2.03. The SMILES string of the molecule is COc1ccc(C(=O)c2cc(F)ccc2Cl)cc1Br. The Labute approximate surface area is 123 Å². The van der Waals surface area contributed by atoms with Gasteiger partial charge in [0.05, 0.1) is 16.6 Å². The van der Waals surface area contributed by atoms with Crippen LogP contribution in [0.15, 0.2) is 40.9 Å². The summed E-state index contributed by atoms with van der Waals surface area (Å²) in [5, 5.41) is 0.221. The lowest BCUT2D eigenvalue weighted by atomic mass is 10.0. The number of methoxy groups -OCH3 is 1. The molecular formula is C14H9BrClFO2. The van der Waals surface area contributed by atoms with Crippen molar-refractivity contribution in [1.29, 1.82) is 0 Å². The fourth-order valence-electron chi connectivity index (χ4n) is 1.63. The van der Waals surface area contributed by atoms with Crippen LogP contribution in [0.5, 0.6) is 5.75 Å². The predicted octanol–water partition coefficient (Wildman–Crippen LogP) is 4.48. The van der Waals surface area contributed by atoms with E-state index in [9.17, 15) is 9.18 Å². The molecule has 0 fully saturated rings. The van der Waals surface area contributed by atoms with Gasteiger partial charge in [0.15, 0.2) is 5.78 Å². The molecule has 0 saturated heterocycles. The van der Waals surface area contributed by atoms with Gasteiger partial charge < -0.3 is 4.74 Å². The quantitative estimate of drug-likeness (QED) is 0.768. The van der Waals surface area contributed by atoms with Gasteiger partial charge in [-0.05, 0) is 52.3 Å². The number of benzene rings is 2. The van der Waals surface area contributed by atoms with Crippen LogP contribution in [0, 0.1) is 5.82 Å². The van der Waals surface area contributed by atoms with Gasteiger partial charge in [0.25, 0.3) is 0 Å². The molecule has 5 heteroatoms. The van der Waals surface area contributed by atoms with E-state index in [1.54, 1.807) is 18.2 Å². The molecule has 0 radical (unpaired) electrons. The maximum absolute atomic E-state index is 13.2. The van der Waals surface area contributed by atoms with Crippen LogP contribution in [0.2, 0.25) is 5.02 Å². The minimum absolute atomic E-state index is 0.138. The van der Waals surface area contributed by atoms with Crippen LogP contribution in [0.3, 0.4) is 0 Å². The van der Waals surface area contributed by atoms with Crippen molar-refractivity contribution >= 4 is 33.3 Å². The largest absolute Gasteiger partial charge is 0.496 e. The summed E-state index contributed by atoms with van der Waals surface area (Å²) in [6, 6.07) is 8.58. The van der Waals surface area contributed by atoms with E-state index >= 15 is 0 Å². The molecule has 19 heavy (non-hydrogen) atoms. The Morgan fingerprint density at radius 2 is 2.00 bits per heavy atom. The van der Waals surface area contributed by atoms with Crippen molar-refractivity contribution in [2.24, 2.45) is 0 Å². The third-order valence-corrected chi connectivity index (χ3v) is 3.54. The molecule has 2 aromatic carbocycles. The average Bonchev–Trinajstić information content (AvgIpc) is 2.40. The first-order valence-electron chi connectivity index (χ1n) is 5.36. The molecule has 0 aliphatic rings. The molecule has 0 atom stereocenters. The molecule has 2 rings (SSSR count). The number of hydrogen-bond donors (Lipinski definition) is 0. The Balaban J connectivity index is 2.44. The van der Waals surface area contributed by atoms with Gasteiger partial charge in [-0.2, -0.15) is 0 Å². The second-order valence-corrected chi connectivity index (χ2v) is 5.06. The molecule has 0 saturated carbocycles. The standard InChI is InChI=1S/C14H9BrClFO2/c1-19-13-5-2-8(6-11(13)15)14(18)10-7-9(17)3-4-12(10)16/h2-7H,1H3. The van der Waals surface area contributed by atoms with Crippen LogP contribution < -0.4 is 4.74 Å². The van der Waals surface area contributed by atoms with Gasteiger partial charge in [0.1, 0.15) is 11.6 Å². The van der Waals surface area contributed by atoms with E-state index in [0.717, 1.165) is 6.07 Å². The highest BCUT2D eigenvalue weighted by Gasteiger charge is 2.15. The van der Waals surface area contributed by atoms with Crippen LogP contribution in [0.1, 0.15) is 15.9 Å². The second kappa shape index (κ2) is 5.72. The Morgan fingerprint density at radius 1 is 1.26 bits per heavy atom. The van der Waals surface area contributed by atoms with Crippen molar-refractivity contribution in [3.63, 3.8) is 0 Å². The van der Waals surface area contributed by atoms with Crippen LogP contribution in [-0.2, 0) is 0 Å². The maximum Gasteiger partial charge on any atom is 0.194 e. The number of hydrogen-bond acceptors (Lipinski definition) is 2. The highest BCUT2D eigenvalue weighted by Crippen LogP contribution is 2.28. The van der Waals surface area contributed by atoms with E-state index in [2.05, 4.69) is 15.9 Å². The summed E-state index contributed by atoms with van der Waals surface area (Å²) in [5.74, 6) is -0.227. The van der Waals surface area contributed by atoms with Gasteiger partial charge >= 0.3 is 0 Å². The monoisotopic (exact) mass is 342 g/mol. The van der Waals surface area contributed by atoms with E-state index in [4.69, 9.17) is 16.3 Å². The van der Waals surface area contributed by atoms with E-state index in [1.807, 2.05) is 0 Å². The topological polar surface area (TPSA) is 26.3 Å². The summed E-state index contributed by atoms with van der Waals surface area (Å²) in [6.45, 7) is 0. The van der Waals surface area contributed by atoms with Crippen LogP contribution >= 0.6 is 27.5 Å². The summed E-state index contributed by atoms with van der Waals surface area (Å²) in [7, 11) is 1.53. The van der Waals surface area contributed by atoms with Crippen LogP contribution in [-0.4, -0.2) is 12.9 Å². The number of rotatable bonds is 3. The van der Waals surface area contributed by atoms with Gasteiger partial charge in [-0.3, -0.25) is 4.79 Å². The molecule has 0 N–H and O–H groups in total. The lowest BCUT2D eigenvalue weighted by molar-refractivity contribution is 0.103. The molecule has 0 unspecified atom stereocenters. The molecule has 0 aliphatic heterocycles. The van der Waals surface area contributed by atoms with Crippen molar-refractivity contribution < 1.29 is 13.9 Å². The van der Waals surface area contributed by atoms with E-state index in [-0.39, 0.29) is 16.4 Å². The summed E-state index contributed by atoms with van der Waals surface area (Å²) < 4.78 is 18.9. The summed E-state index contributed by atoms with van der Waals surface area (Å²) in [5.41, 5.74) is 0.541. The van der Waals surface area contributed by atoms with Gasteiger partial charge in [0.2, 0.25) is 0 Å². The fraction of sp³-hybridized carbons (Fsp3) is 0.0714. The van der Waals surface area contributed by atoms with Gasteiger partial charge in [-0.25, -0.2) is 4.39 Å². The normalized spacial score (nSPS) is 10.3. The van der Waals surface area contributed by atoms with Crippen molar-refractivity contribution in [2.45, 2.75) is 0 Å². The van der Waals surface area contributed by atoms with Crippen LogP contribution in [0.25, 0.3) is 0 Å². The highest BCUT2D eigenvalue weighted by atomic mass is 79.9. The smallest absolute Gasteiger partial charge is 0.194 e. The first-order valence-corrected chi connectivity index (χ1v) is 6.53. The molecule has 98 valence electrons.